The second-order valence-electron chi connectivity index (χ2n) is 5.93. The molecule has 2 heterocycles. The van der Waals surface area contributed by atoms with Gasteiger partial charge < -0.3 is 10.0 Å². The van der Waals surface area contributed by atoms with Crippen LogP contribution < -0.4 is 0 Å². The molecule has 0 aliphatic carbocycles. The van der Waals surface area contributed by atoms with E-state index in [1.807, 2.05) is 11.8 Å². The third-order valence-electron chi connectivity index (χ3n) is 4.39. The first-order valence-corrected chi connectivity index (χ1v) is 10.8. The molecule has 0 aromatic heterocycles. The van der Waals surface area contributed by atoms with Gasteiger partial charge in [-0.05, 0) is 5.75 Å². The number of aliphatic carboxylic acids is 1. The monoisotopic (exact) mass is 364 g/mol. The zero-order valence-corrected chi connectivity index (χ0v) is 14.9. The highest BCUT2D eigenvalue weighted by Crippen LogP contribution is 2.27. The van der Waals surface area contributed by atoms with Crippen LogP contribution >= 0.6 is 11.8 Å². The first kappa shape index (κ1) is 18.5. The third-order valence-corrected chi connectivity index (χ3v) is 6.99. The van der Waals surface area contributed by atoms with Crippen LogP contribution in [-0.4, -0.2) is 89.9 Å². The molecule has 132 valence electrons. The number of amides is 1. The van der Waals surface area contributed by atoms with Gasteiger partial charge >= 0.3 is 5.97 Å². The van der Waals surface area contributed by atoms with Crippen molar-refractivity contribution in [2.24, 2.45) is 0 Å². The molecule has 2 atom stereocenters. The van der Waals surface area contributed by atoms with Crippen molar-refractivity contribution in [2.45, 2.75) is 31.8 Å². The summed E-state index contributed by atoms with van der Waals surface area (Å²) >= 11 is 1.70. The highest BCUT2D eigenvalue weighted by molar-refractivity contribution is 7.99. The van der Waals surface area contributed by atoms with Crippen molar-refractivity contribution in [3.05, 3.63) is 0 Å². The van der Waals surface area contributed by atoms with Crippen LogP contribution in [0.3, 0.4) is 0 Å². The number of rotatable bonds is 7. The maximum atomic E-state index is 12.4. The minimum atomic E-state index is -3.18. The van der Waals surface area contributed by atoms with Gasteiger partial charge in [0.15, 0.2) is 9.84 Å². The normalized spacial score (nSPS) is 26.9. The average Bonchev–Trinajstić information content (AvgIpc) is 2.79. The number of sulfone groups is 1. The van der Waals surface area contributed by atoms with Gasteiger partial charge in [-0.3, -0.25) is 14.5 Å². The molecule has 23 heavy (non-hydrogen) atoms. The fourth-order valence-electron chi connectivity index (χ4n) is 3.30. The SMILES string of the molecule is CCSCCC(=O)N1CCN(CCC(=O)O)[C@@H]2CS(=O)(=O)C[C@@H]21. The molecule has 2 fully saturated rings. The highest BCUT2D eigenvalue weighted by Gasteiger charge is 2.47. The van der Waals surface area contributed by atoms with Crippen molar-refractivity contribution in [3.63, 3.8) is 0 Å². The van der Waals surface area contributed by atoms with Crippen LogP contribution in [0.2, 0.25) is 0 Å². The Balaban J connectivity index is 2.05. The van der Waals surface area contributed by atoms with Gasteiger partial charge in [0, 0.05) is 37.8 Å². The number of thioether (sulfide) groups is 1. The highest BCUT2D eigenvalue weighted by atomic mass is 32.2. The Morgan fingerprint density at radius 1 is 1.17 bits per heavy atom. The lowest BCUT2D eigenvalue weighted by Gasteiger charge is -2.43. The van der Waals surface area contributed by atoms with E-state index in [1.165, 1.54) is 0 Å². The summed E-state index contributed by atoms with van der Waals surface area (Å²) < 4.78 is 24.0. The van der Waals surface area contributed by atoms with Gasteiger partial charge in [0.25, 0.3) is 0 Å². The van der Waals surface area contributed by atoms with Gasteiger partial charge in [0.2, 0.25) is 5.91 Å². The Labute approximate surface area is 141 Å². The van der Waals surface area contributed by atoms with E-state index in [9.17, 15) is 18.0 Å². The predicted octanol–water partition coefficient (Wildman–Crippen LogP) is -0.0859. The fourth-order valence-corrected chi connectivity index (χ4v) is 5.92. The standard InChI is InChI=1S/C14H24N2O5S2/c1-2-22-8-4-13(17)16-7-6-15(5-3-14(18)19)11-9-23(20,21)10-12(11)16/h11-12H,2-10H2,1H3,(H,18,19)/t11-,12+/m1/s1. The summed E-state index contributed by atoms with van der Waals surface area (Å²) in [6, 6.07) is -0.599. The number of carbonyl (C=O) groups is 2. The number of fused-ring (bicyclic) bond motifs is 1. The second kappa shape index (κ2) is 7.85. The number of hydrogen-bond acceptors (Lipinski definition) is 6. The largest absolute Gasteiger partial charge is 0.481 e. The maximum Gasteiger partial charge on any atom is 0.304 e. The lowest BCUT2D eigenvalue weighted by Crippen LogP contribution is -2.60. The fraction of sp³-hybridized carbons (Fsp3) is 0.857. The van der Waals surface area contributed by atoms with E-state index in [1.54, 1.807) is 16.7 Å². The first-order valence-electron chi connectivity index (χ1n) is 7.87. The third kappa shape index (κ3) is 4.84. The maximum absolute atomic E-state index is 12.4. The summed E-state index contributed by atoms with van der Waals surface area (Å²) in [5.41, 5.74) is 0. The molecular formula is C14H24N2O5S2. The molecule has 1 N–H and O–H groups in total. The number of carbonyl (C=O) groups excluding carboxylic acids is 1. The van der Waals surface area contributed by atoms with Crippen molar-refractivity contribution in [1.29, 1.82) is 0 Å². The van der Waals surface area contributed by atoms with Gasteiger partial charge in [0.05, 0.1) is 24.0 Å². The zero-order valence-electron chi connectivity index (χ0n) is 13.3. The van der Waals surface area contributed by atoms with E-state index in [0.29, 0.717) is 26.1 Å². The number of carboxylic acids is 1. The van der Waals surface area contributed by atoms with Crippen molar-refractivity contribution in [2.75, 3.05) is 42.6 Å². The number of nitrogens with zero attached hydrogens (tertiary/aromatic N) is 2. The van der Waals surface area contributed by atoms with Crippen LogP contribution in [0.4, 0.5) is 0 Å². The van der Waals surface area contributed by atoms with Gasteiger partial charge in [-0.15, -0.1) is 0 Å². The summed E-state index contributed by atoms with van der Waals surface area (Å²) in [6.07, 6.45) is 0.418. The molecule has 0 aromatic rings. The van der Waals surface area contributed by atoms with Gasteiger partial charge in [-0.25, -0.2) is 8.42 Å². The molecule has 1 amide bonds. The van der Waals surface area contributed by atoms with Crippen molar-refractivity contribution >= 4 is 33.5 Å². The minimum absolute atomic E-state index is 0.00605. The van der Waals surface area contributed by atoms with E-state index in [-0.39, 0.29) is 35.9 Å². The van der Waals surface area contributed by atoms with E-state index >= 15 is 0 Å². The molecule has 9 heteroatoms. The molecular weight excluding hydrogens is 340 g/mol. The summed E-state index contributed by atoms with van der Waals surface area (Å²) in [5.74, 6) is 0.835. The summed E-state index contributed by atoms with van der Waals surface area (Å²) in [4.78, 5) is 26.8. The van der Waals surface area contributed by atoms with E-state index < -0.39 is 15.8 Å². The Morgan fingerprint density at radius 2 is 1.87 bits per heavy atom. The van der Waals surface area contributed by atoms with E-state index in [0.717, 1.165) is 11.5 Å². The molecule has 2 aliphatic heterocycles. The molecule has 0 saturated carbocycles. The number of carboxylic acid groups (broad SMARTS) is 1. The lowest BCUT2D eigenvalue weighted by molar-refractivity contribution is -0.140. The van der Waals surface area contributed by atoms with Crippen LogP contribution in [0.1, 0.15) is 19.8 Å². The topological polar surface area (TPSA) is 95.0 Å². The molecule has 2 rings (SSSR count). The lowest BCUT2D eigenvalue weighted by atomic mass is 10.0. The van der Waals surface area contributed by atoms with Crippen molar-refractivity contribution < 1.29 is 23.1 Å². The summed E-state index contributed by atoms with van der Waals surface area (Å²) in [7, 11) is -3.18. The van der Waals surface area contributed by atoms with Crippen LogP contribution in [-0.2, 0) is 19.4 Å². The molecule has 7 nitrogen and oxygen atoms in total. The smallest absolute Gasteiger partial charge is 0.304 e. The molecule has 2 saturated heterocycles. The number of hydrogen-bond donors (Lipinski definition) is 1. The average molecular weight is 364 g/mol. The Bertz CT molecular complexity index is 551. The second-order valence-corrected chi connectivity index (χ2v) is 9.47. The molecule has 0 bridgehead atoms. The predicted molar refractivity (Wildman–Crippen MR) is 89.4 cm³/mol. The van der Waals surface area contributed by atoms with Crippen LogP contribution in [0.5, 0.6) is 0 Å². The summed E-state index contributed by atoms with van der Waals surface area (Å²) in [6.45, 7) is 3.39. The van der Waals surface area contributed by atoms with Crippen molar-refractivity contribution in [3.8, 4) is 0 Å². The minimum Gasteiger partial charge on any atom is -0.481 e. The molecule has 0 unspecified atom stereocenters. The van der Waals surface area contributed by atoms with Crippen LogP contribution in [0.25, 0.3) is 0 Å². The molecule has 2 aliphatic rings. The van der Waals surface area contributed by atoms with Gasteiger partial charge in [0.1, 0.15) is 0 Å². The Hall–Kier alpha value is -0.800. The van der Waals surface area contributed by atoms with Crippen molar-refractivity contribution in [1.82, 2.24) is 9.80 Å². The summed E-state index contributed by atoms with van der Waals surface area (Å²) in [5, 5.41) is 8.84. The number of piperazine rings is 1. The van der Waals surface area contributed by atoms with Crippen LogP contribution in [0.15, 0.2) is 0 Å². The molecule has 0 radical (unpaired) electrons. The van der Waals surface area contributed by atoms with Gasteiger partial charge in [-0.1, -0.05) is 6.92 Å². The van der Waals surface area contributed by atoms with Crippen LogP contribution in [0, 0.1) is 0 Å². The molecule has 0 aromatic carbocycles. The quantitative estimate of drug-likeness (QED) is 0.631. The van der Waals surface area contributed by atoms with E-state index in [4.69, 9.17) is 5.11 Å². The Kier molecular flexibility index (Phi) is 6.33. The van der Waals surface area contributed by atoms with Gasteiger partial charge in [-0.2, -0.15) is 11.8 Å². The molecule has 0 spiro atoms. The Morgan fingerprint density at radius 3 is 2.52 bits per heavy atom. The first-order chi connectivity index (χ1) is 10.8. The zero-order chi connectivity index (χ0) is 17.0. The van der Waals surface area contributed by atoms with E-state index in [2.05, 4.69) is 0 Å².